The number of carboxylic acids is 2. The van der Waals surface area contributed by atoms with E-state index in [-0.39, 0.29) is 5.92 Å². The number of hydrogen-bond acceptors (Lipinski definition) is 2. The zero-order valence-electron chi connectivity index (χ0n) is 10.5. The Hall–Kier alpha value is -1.06. The molecule has 0 unspecified atom stereocenters. The highest BCUT2D eigenvalue weighted by molar-refractivity contribution is 5.83. The monoisotopic (exact) mass is 230 g/mol. The second kappa shape index (κ2) is 5.87. The number of aliphatic carboxylic acids is 2. The van der Waals surface area contributed by atoms with Crippen molar-refractivity contribution in [2.45, 2.75) is 47.0 Å². The summed E-state index contributed by atoms with van der Waals surface area (Å²) >= 11 is 0. The van der Waals surface area contributed by atoms with Gasteiger partial charge in [-0.1, -0.05) is 27.7 Å². The molecule has 0 amide bonds. The average Bonchev–Trinajstić information content (AvgIpc) is 2.17. The Kier molecular flexibility index (Phi) is 5.48. The summed E-state index contributed by atoms with van der Waals surface area (Å²) in [5.74, 6) is -2.62. The summed E-state index contributed by atoms with van der Waals surface area (Å²) in [6.07, 6.45) is 1.11. The molecule has 0 radical (unpaired) electrons. The molecule has 0 aliphatic carbocycles. The molecule has 0 aromatic carbocycles. The Labute approximate surface area is 96.7 Å². The molecule has 0 aliphatic heterocycles. The lowest BCUT2D eigenvalue weighted by atomic mass is 9.68. The number of hydrogen-bond donors (Lipinski definition) is 2. The van der Waals surface area contributed by atoms with Crippen molar-refractivity contribution in [1.82, 2.24) is 0 Å². The van der Waals surface area contributed by atoms with E-state index >= 15 is 0 Å². The van der Waals surface area contributed by atoms with Crippen molar-refractivity contribution in [2.24, 2.45) is 17.3 Å². The van der Waals surface area contributed by atoms with Crippen molar-refractivity contribution in [2.75, 3.05) is 0 Å². The van der Waals surface area contributed by atoms with E-state index in [0.717, 1.165) is 0 Å². The minimum absolute atomic E-state index is 0.179. The molecular formula is C12H22O4. The van der Waals surface area contributed by atoms with Crippen LogP contribution in [0.5, 0.6) is 0 Å². The Balaban J connectivity index is 5.25. The molecule has 4 heteroatoms. The predicted octanol–water partition coefficient (Wildman–Crippen LogP) is 2.62. The van der Waals surface area contributed by atoms with Crippen LogP contribution in [0.15, 0.2) is 0 Å². The van der Waals surface area contributed by atoms with Crippen molar-refractivity contribution in [3.8, 4) is 0 Å². The van der Waals surface area contributed by atoms with Gasteiger partial charge in [0.1, 0.15) is 0 Å². The fraction of sp³-hybridized carbons (Fsp3) is 0.833. The smallest absolute Gasteiger partial charge is 0.310 e. The first-order chi connectivity index (χ1) is 7.31. The number of carbonyl (C=O) groups is 2. The fourth-order valence-corrected chi connectivity index (χ4v) is 2.23. The maximum Gasteiger partial charge on any atom is 0.310 e. The SMILES string of the molecule is CCC(CC)(C(=O)O)[C@H](CC(C)C)C(=O)O. The molecule has 94 valence electrons. The van der Waals surface area contributed by atoms with Crippen molar-refractivity contribution in [3.05, 3.63) is 0 Å². The van der Waals surface area contributed by atoms with E-state index in [4.69, 9.17) is 0 Å². The van der Waals surface area contributed by atoms with Gasteiger partial charge in [0.25, 0.3) is 0 Å². The molecule has 0 saturated heterocycles. The summed E-state index contributed by atoms with van der Waals surface area (Å²) in [5.41, 5.74) is -1.13. The van der Waals surface area contributed by atoms with Crippen LogP contribution in [0.25, 0.3) is 0 Å². The topological polar surface area (TPSA) is 74.6 Å². The van der Waals surface area contributed by atoms with E-state index in [2.05, 4.69) is 0 Å². The largest absolute Gasteiger partial charge is 0.481 e. The molecule has 0 aliphatic rings. The molecule has 1 atom stereocenters. The fourth-order valence-electron chi connectivity index (χ4n) is 2.23. The van der Waals surface area contributed by atoms with Gasteiger partial charge in [-0.25, -0.2) is 0 Å². The summed E-state index contributed by atoms with van der Waals surface area (Å²) < 4.78 is 0. The Morgan fingerprint density at radius 2 is 1.56 bits per heavy atom. The van der Waals surface area contributed by atoms with Gasteiger partial charge >= 0.3 is 11.9 Å². The molecule has 0 aromatic heterocycles. The first-order valence-electron chi connectivity index (χ1n) is 5.78. The van der Waals surface area contributed by atoms with Crippen LogP contribution < -0.4 is 0 Å². The third kappa shape index (κ3) is 2.97. The Morgan fingerprint density at radius 1 is 1.12 bits per heavy atom. The summed E-state index contributed by atoms with van der Waals surface area (Å²) in [7, 11) is 0. The van der Waals surface area contributed by atoms with Gasteiger partial charge in [0, 0.05) is 0 Å². The molecule has 4 nitrogen and oxygen atoms in total. The number of carboxylic acid groups (broad SMARTS) is 2. The second-order valence-electron chi connectivity index (χ2n) is 4.69. The molecule has 0 bridgehead atoms. The lowest BCUT2D eigenvalue weighted by Gasteiger charge is -2.33. The van der Waals surface area contributed by atoms with E-state index in [1.54, 1.807) is 13.8 Å². The van der Waals surface area contributed by atoms with E-state index < -0.39 is 23.3 Å². The summed E-state index contributed by atoms with van der Waals surface area (Å²) in [6, 6.07) is 0. The maximum atomic E-state index is 11.3. The zero-order chi connectivity index (χ0) is 12.9. The standard InChI is InChI=1S/C12H22O4/c1-5-12(6-2,11(15)16)9(10(13)14)7-8(3)4/h8-9H,5-7H2,1-4H3,(H,13,14)(H,15,16)/t9-/m1/s1. The minimum Gasteiger partial charge on any atom is -0.481 e. The first-order valence-corrected chi connectivity index (χ1v) is 5.78. The van der Waals surface area contributed by atoms with E-state index in [1.807, 2.05) is 13.8 Å². The molecular weight excluding hydrogens is 208 g/mol. The van der Waals surface area contributed by atoms with E-state index in [0.29, 0.717) is 19.3 Å². The highest BCUT2D eigenvalue weighted by Gasteiger charge is 2.46. The first kappa shape index (κ1) is 14.9. The van der Waals surface area contributed by atoms with Crippen LogP contribution in [0.2, 0.25) is 0 Å². The van der Waals surface area contributed by atoms with Crippen LogP contribution >= 0.6 is 0 Å². The van der Waals surface area contributed by atoms with Gasteiger partial charge in [0.2, 0.25) is 0 Å². The highest BCUT2D eigenvalue weighted by atomic mass is 16.4. The van der Waals surface area contributed by atoms with Gasteiger partial charge in [-0.05, 0) is 25.2 Å². The minimum atomic E-state index is -1.13. The van der Waals surface area contributed by atoms with Crippen molar-refractivity contribution >= 4 is 11.9 Å². The lowest BCUT2D eigenvalue weighted by molar-refractivity contribution is -0.164. The summed E-state index contributed by atoms with van der Waals surface area (Å²) in [6.45, 7) is 7.31. The van der Waals surface area contributed by atoms with Gasteiger partial charge in [-0.3, -0.25) is 9.59 Å². The van der Waals surface area contributed by atoms with E-state index in [1.165, 1.54) is 0 Å². The normalized spacial score (nSPS) is 13.8. The van der Waals surface area contributed by atoms with Crippen molar-refractivity contribution in [3.63, 3.8) is 0 Å². The highest BCUT2D eigenvalue weighted by Crippen LogP contribution is 2.39. The zero-order valence-corrected chi connectivity index (χ0v) is 10.5. The third-order valence-electron chi connectivity index (χ3n) is 3.36. The quantitative estimate of drug-likeness (QED) is 0.705. The number of rotatable bonds is 7. The van der Waals surface area contributed by atoms with Gasteiger partial charge in [0.15, 0.2) is 0 Å². The molecule has 0 saturated carbocycles. The van der Waals surface area contributed by atoms with Gasteiger partial charge in [-0.15, -0.1) is 0 Å². The average molecular weight is 230 g/mol. The van der Waals surface area contributed by atoms with Crippen LogP contribution in [0.1, 0.15) is 47.0 Å². The second-order valence-corrected chi connectivity index (χ2v) is 4.69. The van der Waals surface area contributed by atoms with Crippen LogP contribution in [0.4, 0.5) is 0 Å². The molecule has 16 heavy (non-hydrogen) atoms. The Bertz CT molecular complexity index is 254. The van der Waals surface area contributed by atoms with Crippen molar-refractivity contribution < 1.29 is 19.8 Å². The van der Waals surface area contributed by atoms with Crippen molar-refractivity contribution in [1.29, 1.82) is 0 Å². The van der Waals surface area contributed by atoms with Crippen LogP contribution in [-0.2, 0) is 9.59 Å². The predicted molar refractivity (Wildman–Crippen MR) is 61.2 cm³/mol. The van der Waals surface area contributed by atoms with E-state index in [9.17, 15) is 19.8 Å². The molecule has 0 rings (SSSR count). The van der Waals surface area contributed by atoms with Crippen LogP contribution in [-0.4, -0.2) is 22.2 Å². The molecule has 0 spiro atoms. The van der Waals surface area contributed by atoms with Crippen LogP contribution in [0, 0.1) is 17.3 Å². The molecule has 2 N–H and O–H groups in total. The summed E-state index contributed by atoms with van der Waals surface area (Å²) in [4.78, 5) is 22.6. The maximum absolute atomic E-state index is 11.3. The molecule has 0 heterocycles. The van der Waals surface area contributed by atoms with Gasteiger partial charge < -0.3 is 10.2 Å². The Morgan fingerprint density at radius 3 is 1.75 bits per heavy atom. The van der Waals surface area contributed by atoms with Gasteiger partial charge in [-0.2, -0.15) is 0 Å². The lowest BCUT2D eigenvalue weighted by Crippen LogP contribution is -2.42. The van der Waals surface area contributed by atoms with Gasteiger partial charge in [0.05, 0.1) is 11.3 Å². The molecule has 0 aromatic rings. The molecule has 0 fully saturated rings. The summed E-state index contributed by atoms with van der Waals surface area (Å²) in [5, 5.41) is 18.5. The third-order valence-corrected chi connectivity index (χ3v) is 3.36. The van der Waals surface area contributed by atoms with Crippen LogP contribution in [0.3, 0.4) is 0 Å².